The van der Waals surface area contributed by atoms with E-state index < -0.39 is 26.0 Å². The fourth-order valence-electron chi connectivity index (χ4n) is 1.16. The Kier molecular flexibility index (Phi) is 4.04. The van der Waals surface area contributed by atoms with Crippen LogP contribution in [0.3, 0.4) is 0 Å². The average molecular weight is 278 g/mol. The second-order valence-electron chi connectivity index (χ2n) is 3.29. The molecule has 1 aromatic rings. The van der Waals surface area contributed by atoms with Gasteiger partial charge in [-0.1, -0.05) is 24.3 Å². The predicted molar refractivity (Wildman–Crippen MR) is 62.3 cm³/mol. The van der Waals surface area contributed by atoms with Gasteiger partial charge in [-0.2, -0.15) is 16.8 Å². The van der Waals surface area contributed by atoms with E-state index in [2.05, 4.69) is 0 Å². The average Bonchev–Trinajstić information content (AvgIpc) is 2.11. The van der Waals surface area contributed by atoms with Gasteiger partial charge in [-0.3, -0.25) is 9.11 Å². The van der Waals surface area contributed by atoms with Crippen molar-refractivity contribution in [1.82, 2.24) is 0 Å². The molecule has 6 nitrogen and oxygen atoms in total. The molecule has 1 aromatic carbocycles. The molecule has 0 fully saturated rings. The topological polar surface area (TPSA) is 109 Å². The molecule has 0 aliphatic rings. The molecule has 0 bridgehead atoms. The monoisotopic (exact) mass is 278 g/mol. The highest BCUT2D eigenvalue weighted by atomic mass is 32.2. The fraction of sp³-hybridized carbons (Fsp3) is 0.111. The van der Waals surface area contributed by atoms with Crippen molar-refractivity contribution >= 4 is 26.3 Å². The van der Waals surface area contributed by atoms with Crippen molar-refractivity contribution in [2.75, 3.05) is 0 Å². The molecule has 0 saturated heterocycles. The summed E-state index contributed by atoms with van der Waals surface area (Å²) < 4.78 is 59.3. The maximum Gasteiger partial charge on any atom is 0.287 e. The van der Waals surface area contributed by atoms with Crippen LogP contribution < -0.4 is 0 Å². The van der Waals surface area contributed by atoms with E-state index in [0.29, 0.717) is 16.5 Å². The first-order valence-corrected chi connectivity index (χ1v) is 7.47. The number of hydrogen-bond acceptors (Lipinski definition) is 4. The van der Waals surface area contributed by atoms with Gasteiger partial charge in [0.2, 0.25) is 0 Å². The predicted octanol–water partition coefficient (Wildman–Crippen LogP) is 0.933. The maximum atomic E-state index is 10.6. The van der Waals surface area contributed by atoms with E-state index >= 15 is 0 Å². The lowest BCUT2D eigenvalue weighted by Gasteiger charge is -1.99. The molecule has 0 radical (unpaired) electrons. The van der Waals surface area contributed by atoms with Crippen LogP contribution in [0.15, 0.2) is 29.7 Å². The molecule has 1 rings (SSSR count). The van der Waals surface area contributed by atoms with Crippen molar-refractivity contribution in [2.45, 2.75) is 5.75 Å². The summed E-state index contributed by atoms with van der Waals surface area (Å²) >= 11 is 0. The van der Waals surface area contributed by atoms with E-state index in [-0.39, 0.29) is 0 Å². The summed E-state index contributed by atoms with van der Waals surface area (Å²) in [6.45, 7) is 0. The van der Waals surface area contributed by atoms with Crippen LogP contribution in [0.4, 0.5) is 0 Å². The molecule has 0 spiro atoms. The van der Waals surface area contributed by atoms with Gasteiger partial charge in [0, 0.05) is 0 Å². The minimum atomic E-state index is -4.22. The Morgan fingerprint density at radius 3 is 2.29 bits per heavy atom. The number of benzene rings is 1. The molecule has 0 unspecified atom stereocenters. The first kappa shape index (κ1) is 13.8. The van der Waals surface area contributed by atoms with Crippen LogP contribution in [0.25, 0.3) is 6.08 Å². The van der Waals surface area contributed by atoms with E-state index in [1.165, 1.54) is 24.3 Å². The maximum absolute atomic E-state index is 10.6. The Bertz CT molecular complexity index is 627. The highest BCUT2D eigenvalue weighted by Gasteiger charge is 2.06. The Morgan fingerprint density at radius 2 is 1.76 bits per heavy atom. The van der Waals surface area contributed by atoms with Crippen molar-refractivity contribution in [3.63, 3.8) is 0 Å². The van der Waals surface area contributed by atoms with Crippen molar-refractivity contribution < 1.29 is 25.9 Å². The normalized spacial score (nSPS) is 13.1. The first-order valence-electron chi connectivity index (χ1n) is 4.35. The summed E-state index contributed by atoms with van der Waals surface area (Å²) in [6, 6.07) is 5.88. The standard InChI is InChI=1S/C9H10O6S2/c10-16(11,12)5-4-8-2-1-3-9(6-8)7-17(13,14)15/h1-6H,7H2,(H,10,11,12)(H,13,14,15). The molecule has 0 saturated carbocycles. The molecule has 0 aliphatic carbocycles. The molecule has 0 aliphatic heterocycles. The van der Waals surface area contributed by atoms with E-state index in [9.17, 15) is 16.8 Å². The van der Waals surface area contributed by atoms with Crippen molar-refractivity contribution in [3.05, 3.63) is 40.8 Å². The second kappa shape index (κ2) is 4.96. The highest BCUT2D eigenvalue weighted by molar-refractivity contribution is 7.88. The van der Waals surface area contributed by atoms with Gasteiger partial charge in [-0.15, -0.1) is 0 Å². The third-order valence-corrected chi connectivity index (χ3v) is 2.91. The molecule has 0 heterocycles. The SMILES string of the molecule is O=S(=O)(O)C=Cc1cccc(CS(=O)(=O)O)c1. The molecular formula is C9H10O6S2. The molecule has 2 N–H and O–H groups in total. The van der Waals surface area contributed by atoms with Crippen molar-refractivity contribution in [3.8, 4) is 0 Å². The van der Waals surface area contributed by atoms with Gasteiger partial charge in [-0.25, -0.2) is 0 Å². The number of rotatable bonds is 4. The van der Waals surface area contributed by atoms with Gasteiger partial charge in [0.1, 0.15) is 5.75 Å². The van der Waals surface area contributed by atoms with Crippen LogP contribution in [0.1, 0.15) is 11.1 Å². The van der Waals surface area contributed by atoms with Gasteiger partial charge in [0.15, 0.2) is 0 Å². The fourth-order valence-corrected chi connectivity index (χ4v) is 2.09. The van der Waals surface area contributed by atoms with Crippen LogP contribution in [0.2, 0.25) is 0 Å². The van der Waals surface area contributed by atoms with Gasteiger partial charge < -0.3 is 0 Å². The third kappa shape index (κ3) is 6.17. The Balaban J connectivity index is 2.98. The van der Waals surface area contributed by atoms with E-state index in [0.717, 1.165) is 6.08 Å². The lowest BCUT2D eigenvalue weighted by molar-refractivity contribution is 0.481. The summed E-state index contributed by atoms with van der Waals surface area (Å²) in [4.78, 5) is 0. The largest absolute Gasteiger partial charge is 0.287 e. The molecule has 8 heteroatoms. The van der Waals surface area contributed by atoms with Gasteiger partial charge >= 0.3 is 0 Å². The Hall–Kier alpha value is -1.22. The van der Waals surface area contributed by atoms with Crippen LogP contribution in [-0.2, 0) is 26.0 Å². The zero-order chi connectivity index (χ0) is 13.1. The molecule has 94 valence electrons. The zero-order valence-corrected chi connectivity index (χ0v) is 10.1. The van der Waals surface area contributed by atoms with Crippen LogP contribution in [-0.4, -0.2) is 25.9 Å². The van der Waals surface area contributed by atoms with Crippen LogP contribution in [0, 0.1) is 0 Å². The minimum absolute atomic E-state index is 0.310. The molecule has 0 amide bonds. The molecule has 0 atom stereocenters. The molecular weight excluding hydrogens is 268 g/mol. The highest BCUT2D eigenvalue weighted by Crippen LogP contribution is 2.10. The van der Waals surface area contributed by atoms with E-state index in [1.54, 1.807) is 0 Å². The van der Waals surface area contributed by atoms with Gasteiger partial charge in [-0.05, 0) is 17.2 Å². The summed E-state index contributed by atoms with van der Waals surface area (Å²) in [5.41, 5.74) is 0.703. The smallest absolute Gasteiger partial charge is 0.285 e. The van der Waals surface area contributed by atoms with Crippen LogP contribution in [0.5, 0.6) is 0 Å². The summed E-state index contributed by atoms with van der Waals surface area (Å²) in [7, 11) is -8.35. The Morgan fingerprint density at radius 1 is 1.12 bits per heavy atom. The summed E-state index contributed by atoms with van der Waals surface area (Å²) in [5.74, 6) is -0.555. The van der Waals surface area contributed by atoms with Crippen molar-refractivity contribution in [1.29, 1.82) is 0 Å². The van der Waals surface area contributed by atoms with Gasteiger partial charge in [0.25, 0.3) is 20.2 Å². The van der Waals surface area contributed by atoms with E-state index in [1.807, 2.05) is 0 Å². The van der Waals surface area contributed by atoms with Crippen LogP contribution >= 0.6 is 0 Å². The third-order valence-electron chi connectivity index (χ3n) is 1.73. The molecule has 17 heavy (non-hydrogen) atoms. The quantitative estimate of drug-likeness (QED) is 0.793. The first-order chi connectivity index (χ1) is 7.66. The lowest BCUT2D eigenvalue weighted by atomic mass is 10.1. The van der Waals surface area contributed by atoms with Gasteiger partial charge in [0.05, 0.1) is 5.41 Å². The minimum Gasteiger partial charge on any atom is -0.285 e. The number of hydrogen-bond donors (Lipinski definition) is 2. The Labute approximate surface area is 99.1 Å². The second-order valence-corrected chi connectivity index (χ2v) is 6.04. The zero-order valence-electron chi connectivity index (χ0n) is 8.52. The lowest BCUT2D eigenvalue weighted by Crippen LogP contribution is -2.01. The molecule has 0 aromatic heterocycles. The van der Waals surface area contributed by atoms with E-state index in [4.69, 9.17) is 9.11 Å². The van der Waals surface area contributed by atoms with Crippen molar-refractivity contribution in [2.24, 2.45) is 0 Å². The summed E-state index contributed by atoms with van der Waals surface area (Å²) in [6.07, 6.45) is 1.11. The summed E-state index contributed by atoms with van der Waals surface area (Å²) in [5, 5.41) is 0.583.